The number of aromatic nitrogens is 1. The molecule has 0 aliphatic rings. The molecule has 0 radical (unpaired) electrons. The first-order valence-electron chi connectivity index (χ1n) is 7.50. The van der Waals surface area contributed by atoms with Crippen LogP contribution in [0.4, 0.5) is 0 Å². The molecule has 3 heteroatoms. The lowest BCUT2D eigenvalue weighted by molar-refractivity contribution is 0.421. The molecule has 20 heavy (non-hydrogen) atoms. The molecule has 0 aliphatic carbocycles. The summed E-state index contributed by atoms with van der Waals surface area (Å²) in [5.41, 5.74) is 3.36. The van der Waals surface area contributed by atoms with Gasteiger partial charge in [-0.2, -0.15) is 0 Å². The quantitative estimate of drug-likeness (QED) is 0.785. The van der Waals surface area contributed by atoms with E-state index in [-0.39, 0.29) is 0 Å². The zero-order chi connectivity index (χ0) is 14.2. The van der Waals surface area contributed by atoms with Gasteiger partial charge < -0.3 is 5.32 Å². The fraction of sp³-hybridized carbons (Fsp3) is 0.471. The Morgan fingerprint density at radius 3 is 2.60 bits per heavy atom. The van der Waals surface area contributed by atoms with Crippen molar-refractivity contribution in [3.63, 3.8) is 0 Å². The summed E-state index contributed by atoms with van der Waals surface area (Å²) in [6, 6.07) is 11.4. The maximum Gasteiger partial charge on any atom is 0.0794 e. The number of hydrogen-bond donors (Lipinski definition) is 1. The molecule has 0 spiro atoms. The topological polar surface area (TPSA) is 24.9 Å². The van der Waals surface area contributed by atoms with Crippen LogP contribution in [-0.2, 0) is 6.42 Å². The summed E-state index contributed by atoms with van der Waals surface area (Å²) in [5, 5.41) is 3.74. The van der Waals surface area contributed by atoms with Gasteiger partial charge in [-0.25, -0.2) is 0 Å². The van der Waals surface area contributed by atoms with Gasteiger partial charge in [0.25, 0.3) is 0 Å². The molecule has 2 unspecified atom stereocenters. The summed E-state index contributed by atoms with van der Waals surface area (Å²) in [6.07, 6.45) is 5.40. The first-order chi connectivity index (χ1) is 9.85. The predicted molar refractivity (Wildman–Crippen MR) is 87.4 cm³/mol. The lowest BCUT2D eigenvalue weighted by atomic mass is 9.87. The molecule has 2 nitrogen and oxygen atoms in total. The van der Waals surface area contributed by atoms with Crippen LogP contribution in [0.2, 0.25) is 0 Å². The van der Waals surface area contributed by atoms with E-state index in [1.54, 1.807) is 11.3 Å². The van der Waals surface area contributed by atoms with E-state index in [4.69, 9.17) is 0 Å². The van der Waals surface area contributed by atoms with E-state index in [1.807, 2.05) is 11.7 Å². The first kappa shape index (κ1) is 15.2. The smallest absolute Gasteiger partial charge is 0.0794 e. The molecule has 0 bridgehead atoms. The SMILES string of the molecule is CCCNC(Cc1cncs1)C(CC)c1ccccc1. The molecule has 2 rings (SSSR count). The van der Waals surface area contributed by atoms with E-state index in [0.717, 1.165) is 19.4 Å². The van der Waals surface area contributed by atoms with Crippen molar-refractivity contribution in [3.05, 3.63) is 52.5 Å². The molecule has 0 saturated heterocycles. The fourth-order valence-electron chi connectivity index (χ4n) is 2.70. The van der Waals surface area contributed by atoms with Gasteiger partial charge in [-0.05, 0) is 37.3 Å². The summed E-state index contributed by atoms with van der Waals surface area (Å²) in [5.74, 6) is 0.560. The normalized spacial score (nSPS) is 14.1. The highest BCUT2D eigenvalue weighted by Gasteiger charge is 2.21. The minimum atomic E-state index is 0.489. The molecule has 108 valence electrons. The van der Waals surface area contributed by atoms with Crippen LogP contribution in [0.3, 0.4) is 0 Å². The molecule has 1 aromatic heterocycles. The number of benzene rings is 1. The minimum Gasteiger partial charge on any atom is -0.313 e. The lowest BCUT2D eigenvalue weighted by Crippen LogP contribution is -2.37. The molecule has 0 amide bonds. The predicted octanol–water partition coefficient (Wildman–Crippen LogP) is 4.25. The molecule has 2 aromatic rings. The van der Waals surface area contributed by atoms with E-state index in [0.29, 0.717) is 12.0 Å². The maximum atomic E-state index is 4.20. The van der Waals surface area contributed by atoms with Gasteiger partial charge >= 0.3 is 0 Å². The Hall–Kier alpha value is -1.19. The van der Waals surface area contributed by atoms with Crippen LogP contribution in [0.25, 0.3) is 0 Å². The highest BCUT2D eigenvalue weighted by atomic mass is 32.1. The Labute approximate surface area is 126 Å². The Morgan fingerprint density at radius 2 is 2.00 bits per heavy atom. The molecule has 1 heterocycles. The average molecular weight is 288 g/mol. The van der Waals surface area contributed by atoms with Gasteiger partial charge in [0.1, 0.15) is 0 Å². The Balaban J connectivity index is 2.14. The highest BCUT2D eigenvalue weighted by molar-refractivity contribution is 7.09. The monoisotopic (exact) mass is 288 g/mol. The third-order valence-corrected chi connectivity index (χ3v) is 4.52. The van der Waals surface area contributed by atoms with Crippen molar-refractivity contribution in [2.45, 2.75) is 45.1 Å². The number of hydrogen-bond acceptors (Lipinski definition) is 3. The van der Waals surface area contributed by atoms with E-state index in [2.05, 4.69) is 54.5 Å². The van der Waals surface area contributed by atoms with Crippen molar-refractivity contribution in [2.75, 3.05) is 6.54 Å². The van der Waals surface area contributed by atoms with Gasteiger partial charge in [-0.3, -0.25) is 4.98 Å². The van der Waals surface area contributed by atoms with Crippen LogP contribution >= 0.6 is 11.3 Å². The maximum absolute atomic E-state index is 4.20. The molecule has 0 aliphatic heterocycles. The summed E-state index contributed by atoms with van der Waals surface area (Å²) < 4.78 is 0. The Morgan fingerprint density at radius 1 is 1.20 bits per heavy atom. The summed E-state index contributed by atoms with van der Waals surface area (Å²) >= 11 is 1.76. The van der Waals surface area contributed by atoms with Crippen molar-refractivity contribution in [2.24, 2.45) is 0 Å². The van der Waals surface area contributed by atoms with Crippen molar-refractivity contribution < 1.29 is 0 Å². The number of nitrogens with one attached hydrogen (secondary N) is 1. The van der Waals surface area contributed by atoms with Crippen molar-refractivity contribution in [3.8, 4) is 0 Å². The van der Waals surface area contributed by atoms with E-state index < -0.39 is 0 Å². The molecular weight excluding hydrogens is 264 g/mol. The highest BCUT2D eigenvalue weighted by Crippen LogP contribution is 2.26. The fourth-order valence-corrected chi connectivity index (χ4v) is 3.35. The van der Waals surface area contributed by atoms with Gasteiger partial charge in [0, 0.05) is 17.1 Å². The summed E-state index contributed by atoms with van der Waals surface area (Å²) in [4.78, 5) is 5.57. The van der Waals surface area contributed by atoms with E-state index >= 15 is 0 Å². The molecule has 0 fully saturated rings. The minimum absolute atomic E-state index is 0.489. The van der Waals surface area contributed by atoms with Gasteiger partial charge in [0.15, 0.2) is 0 Å². The van der Waals surface area contributed by atoms with Crippen molar-refractivity contribution >= 4 is 11.3 Å². The van der Waals surface area contributed by atoms with Gasteiger partial charge in [-0.15, -0.1) is 11.3 Å². The van der Waals surface area contributed by atoms with Crippen LogP contribution in [0.15, 0.2) is 42.0 Å². The molecule has 0 saturated carbocycles. The summed E-state index contributed by atoms with van der Waals surface area (Å²) in [7, 11) is 0. The Kier molecular flexibility index (Phi) is 6.22. The second-order valence-corrected chi connectivity index (χ2v) is 6.13. The van der Waals surface area contributed by atoms with Gasteiger partial charge in [-0.1, -0.05) is 44.2 Å². The van der Waals surface area contributed by atoms with Gasteiger partial charge in [0.2, 0.25) is 0 Å². The number of nitrogens with zero attached hydrogens (tertiary/aromatic N) is 1. The van der Waals surface area contributed by atoms with Crippen LogP contribution in [0.5, 0.6) is 0 Å². The van der Waals surface area contributed by atoms with Crippen molar-refractivity contribution in [1.82, 2.24) is 10.3 Å². The van der Waals surface area contributed by atoms with Crippen LogP contribution in [0, 0.1) is 0 Å². The van der Waals surface area contributed by atoms with Crippen molar-refractivity contribution in [1.29, 1.82) is 0 Å². The first-order valence-corrected chi connectivity index (χ1v) is 8.38. The van der Waals surface area contributed by atoms with Crippen LogP contribution < -0.4 is 5.32 Å². The van der Waals surface area contributed by atoms with E-state index in [9.17, 15) is 0 Å². The second kappa shape index (κ2) is 8.18. The van der Waals surface area contributed by atoms with E-state index in [1.165, 1.54) is 16.9 Å². The standard InChI is InChI=1S/C17H24N2S/c1-3-10-19-17(11-15-12-18-13-20-15)16(4-2)14-8-6-5-7-9-14/h5-9,12-13,16-17,19H,3-4,10-11H2,1-2H3. The largest absolute Gasteiger partial charge is 0.313 e. The Bertz CT molecular complexity index is 467. The lowest BCUT2D eigenvalue weighted by Gasteiger charge is -2.27. The van der Waals surface area contributed by atoms with Crippen LogP contribution in [0.1, 0.15) is 43.0 Å². The molecular formula is C17H24N2S. The second-order valence-electron chi connectivity index (χ2n) is 5.16. The number of thiazole rings is 1. The van der Waals surface area contributed by atoms with Gasteiger partial charge in [0.05, 0.1) is 5.51 Å². The molecule has 1 N–H and O–H groups in total. The molecule has 1 aromatic carbocycles. The zero-order valence-electron chi connectivity index (χ0n) is 12.4. The third-order valence-electron chi connectivity index (χ3n) is 3.71. The third kappa shape index (κ3) is 4.15. The zero-order valence-corrected chi connectivity index (χ0v) is 13.2. The molecule has 2 atom stereocenters. The summed E-state index contributed by atoms with van der Waals surface area (Å²) in [6.45, 7) is 5.58. The van der Waals surface area contributed by atoms with Crippen LogP contribution in [-0.4, -0.2) is 17.6 Å². The average Bonchev–Trinajstić information content (AvgIpc) is 2.99. The number of rotatable bonds is 8.